The lowest BCUT2D eigenvalue weighted by Gasteiger charge is -2.35. The first-order valence-electron chi connectivity index (χ1n) is 14.2. The number of hydrogen-bond acceptors (Lipinski definition) is 6. The summed E-state index contributed by atoms with van der Waals surface area (Å²) in [7, 11) is 0. The number of hydrogen-bond donors (Lipinski definition) is 3. The van der Waals surface area contributed by atoms with Crippen LogP contribution in [0.25, 0.3) is 0 Å². The monoisotopic (exact) mass is 565 g/mol. The summed E-state index contributed by atoms with van der Waals surface area (Å²) < 4.78 is 5.45. The van der Waals surface area contributed by atoms with Gasteiger partial charge in [-0.05, 0) is 72.0 Å². The number of aryl methyl sites for hydroxylation is 1. The number of rotatable bonds is 16. The van der Waals surface area contributed by atoms with Crippen LogP contribution in [0.1, 0.15) is 104 Å². The van der Waals surface area contributed by atoms with Gasteiger partial charge in [0.25, 0.3) is 0 Å². The Kier molecular flexibility index (Phi) is 15.4. The van der Waals surface area contributed by atoms with Gasteiger partial charge in [-0.25, -0.2) is 4.79 Å². The topological polar surface area (TPSA) is 108 Å². The molecule has 3 amide bonds. The molecule has 0 aliphatic carbocycles. The SMILES string of the molecule is CCCCCCCCN(C(=O)C(CCSC)NC(=O)OC(C)(C)C)C(C(=O)NC(C)C)c1cccc(C)c1O. The highest BCUT2D eigenvalue weighted by Crippen LogP contribution is 2.33. The van der Waals surface area contributed by atoms with Crippen molar-refractivity contribution < 1.29 is 24.2 Å². The van der Waals surface area contributed by atoms with Crippen molar-refractivity contribution in [3.63, 3.8) is 0 Å². The number of nitrogens with zero attached hydrogens (tertiary/aromatic N) is 1. The van der Waals surface area contributed by atoms with E-state index in [4.69, 9.17) is 4.74 Å². The minimum absolute atomic E-state index is 0.0112. The van der Waals surface area contributed by atoms with Gasteiger partial charge in [0.15, 0.2) is 0 Å². The zero-order chi connectivity index (χ0) is 29.6. The van der Waals surface area contributed by atoms with Crippen molar-refractivity contribution in [1.29, 1.82) is 0 Å². The molecular weight excluding hydrogens is 514 g/mol. The van der Waals surface area contributed by atoms with Crippen LogP contribution < -0.4 is 10.6 Å². The van der Waals surface area contributed by atoms with Crippen LogP contribution in [0.2, 0.25) is 0 Å². The van der Waals surface area contributed by atoms with Crippen LogP contribution in [0.3, 0.4) is 0 Å². The predicted octanol–water partition coefficient (Wildman–Crippen LogP) is 6.10. The lowest BCUT2D eigenvalue weighted by molar-refractivity contribution is -0.143. The van der Waals surface area contributed by atoms with Crippen molar-refractivity contribution in [2.24, 2.45) is 0 Å². The Bertz CT molecular complexity index is 916. The van der Waals surface area contributed by atoms with Crippen molar-refractivity contribution in [3.05, 3.63) is 29.3 Å². The fourth-order valence-electron chi connectivity index (χ4n) is 4.29. The number of benzene rings is 1. The largest absolute Gasteiger partial charge is 0.507 e. The number of aromatic hydroxyl groups is 1. The van der Waals surface area contributed by atoms with Crippen molar-refractivity contribution in [2.75, 3.05) is 18.6 Å². The van der Waals surface area contributed by atoms with Gasteiger partial charge in [0, 0.05) is 18.2 Å². The molecule has 8 nitrogen and oxygen atoms in total. The first kappa shape index (κ1) is 34.6. The molecule has 1 aromatic carbocycles. The summed E-state index contributed by atoms with van der Waals surface area (Å²) >= 11 is 1.57. The highest BCUT2D eigenvalue weighted by molar-refractivity contribution is 7.98. The molecule has 0 aromatic heterocycles. The maximum absolute atomic E-state index is 14.2. The molecule has 0 saturated carbocycles. The van der Waals surface area contributed by atoms with E-state index in [0.29, 0.717) is 36.3 Å². The second-order valence-corrected chi connectivity index (χ2v) is 12.3. The zero-order valence-corrected chi connectivity index (χ0v) is 26.1. The number of alkyl carbamates (subject to hydrolysis) is 1. The summed E-state index contributed by atoms with van der Waals surface area (Å²) in [5, 5.41) is 16.7. The Morgan fingerprint density at radius 2 is 1.69 bits per heavy atom. The molecule has 0 saturated heterocycles. The molecule has 2 unspecified atom stereocenters. The number of phenolic OH excluding ortho intramolecular Hbond substituents is 1. The third-order valence-electron chi connectivity index (χ3n) is 6.19. The van der Waals surface area contributed by atoms with E-state index in [9.17, 15) is 19.5 Å². The summed E-state index contributed by atoms with van der Waals surface area (Å²) in [6.45, 7) is 13.3. The third kappa shape index (κ3) is 12.5. The number of unbranched alkanes of at least 4 members (excludes halogenated alkanes) is 5. The van der Waals surface area contributed by atoms with Crippen LogP contribution in [0, 0.1) is 6.92 Å². The van der Waals surface area contributed by atoms with E-state index in [2.05, 4.69) is 17.6 Å². The Labute approximate surface area is 240 Å². The molecular formula is C30H51N3O5S. The Morgan fingerprint density at radius 3 is 2.28 bits per heavy atom. The summed E-state index contributed by atoms with van der Waals surface area (Å²) in [5.74, 6) is -0.113. The van der Waals surface area contributed by atoms with Gasteiger partial charge < -0.3 is 25.4 Å². The molecule has 0 aliphatic rings. The normalized spacial score (nSPS) is 13.1. The quantitative estimate of drug-likeness (QED) is 0.209. The molecule has 9 heteroatoms. The van der Waals surface area contributed by atoms with E-state index < -0.39 is 23.8 Å². The molecule has 2 atom stereocenters. The molecule has 1 aromatic rings. The van der Waals surface area contributed by atoms with Gasteiger partial charge in [0.05, 0.1) is 0 Å². The van der Waals surface area contributed by atoms with Gasteiger partial charge in [0.1, 0.15) is 23.4 Å². The van der Waals surface area contributed by atoms with E-state index in [1.54, 1.807) is 57.7 Å². The van der Waals surface area contributed by atoms with Crippen molar-refractivity contribution >= 4 is 29.7 Å². The molecule has 3 N–H and O–H groups in total. The number of carbonyl (C=O) groups excluding carboxylic acids is 3. The number of ether oxygens (including phenoxy) is 1. The lowest BCUT2D eigenvalue weighted by Crippen LogP contribution is -2.54. The number of phenols is 1. The molecule has 0 bridgehead atoms. The number of para-hydroxylation sites is 1. The van der Waals surface area contributed by atoms with Gasteiger partial charge >= 0.3 is 6.09 Å². The van der Waals surface area contributed by atoms with Crippen LogP contribution >= 0.6 is 11.8 Å². The van der Waals surface area contributed by atoms with E-state index in [0.717, 1.165) is 32.1 Å². The molecule has 39 heavy (non-hydrogen) atoms. The molecule has 0 fully saturated rings. The second-order valence-electron chi connectivity index (χ2n) is 11.4. The number of thioether (sulfide) groups is 1. The van der Waals surface area contributed by atoms with Crippen molar-refractivity contribution in [2.45, 2.75) is 117 Å². The van der Waals surface area contributed by atoms with E-state index >= 15 is 0 Å². The summed E-state index contributed by atoms with van der Waals surface area (Å²) in [6.07, 6.45) is 7.72. The standard InChI is InChI=1S/C30H51N3O5S/c1-9-10-11-12-13-14-19-33(28(36)24(18-20-39-8)32-29(37)38-30(5,6)7)25(27(35)31-21(2)3)23-17-15-16-22(4)26(23)34/h15-17,21,24-25,34H,9-14,18-20H2,1-8H3,(H,31,35)(H,32,37). The van der Waals surface area contributed by atoms with Crippen LogP contribution in [-0.2, 0) is 14.3 Å². The van der Waals surface area contributed by atoms with Crippen molar-refractivity contribution in [1.82, 2.24) is 15.5 Å². The maximum Gasteiger partial charge on any atom is 0.408 e. The smallest absolute Gasteiger partial charge is 0.408 e. The van der Waals surface area contributed by atoms with Crippen molar-refractivity contribution in [3.8, 4) is 5.75 Å². The Hall–Kier alpha value is -2.42. The van der Waals surface area contributed by atoms with Gasteiger partial charge in [-0.2, -0.15) is 11.8 Å². The predicted molar refractivity (Wildman–Crippen MR) is 160 cm³/mol. The van der Waals surface area contributed by atoms with Crippen LogP contribution in [0.4, 0.5) is 4.79 Å². The highest BCUT2D eigenvalue weighted by Gasteiger charge is 2.37. The molecule has 1 rings (SSSR count). The van der Waals surface area contributed by atoms with E-state index in [1.807, 2.05) is 20.1 Å². The summed E-state index contributed by atoms with van der Waals surface area (Å²) in [4.78, 5) is 42.1. The van der Waals surface area contributed by atoms with Gasteiger partial charge in [-0.3, -0.25) is 9.59 Å². The lowest BCUT2D eigenvalue weighted by atomic mass is 9.98. The van der Waals surface area contributed by atoms with Crippen LogP contribution in [-0.4, -0.2) is 64.2 Å². The average molecular weight is 566 g/mol. The molecule has 222 valence electrons. The van der Waals surface area contributed by atoms with Crippen LogP contribution in [0.15, 0.2) is 18.2 Å². The Morgan fingerprint density at radius 1 is 1.05 bits per heavy atom. The van der Waals surface area contributed by atoms with E-state index in [-0.39, 0.29) is 23.6 Å². The summed E-state index contributed by atoms with van der Waals surface area (Å²) in [5.41, 5.74) is 0.267. The Balaban J connectivity index is 3.48. The zero-order valence-electron chi connectivity index (χ0n) is 25.3. The first-order valence-corrected chi connectivity index (χ1v) is 15.6. The average Bonchev–Trinajstić information content (AvgIpc) is 2.83. The minimum Gasteiger partial charge on any atom is -0.507 e. The maximum atomic E-state index is 14.2. The number of amides is 3. The summed E-state index contributed by atoms with van der Waals surface area (Å²) in [6, 6.07) is 3.14. The number of nitrogens with one attached hydrogen (secondary N) is 2. The van der Waals surface area contributed by atoms with Gasteiger partial charge in [-0.15, -0.1) is 0 Å². The third-order valence-corrected chi connectivity index (χ3v) is 6.83. The molecule has 0 radical (unpaired) electrons. The highest BCUT2D eigenvalue weighted by atomic mass is 32.2. The fourth-order valence-corrected chi connectivity index (χ4v) is 4.76. The van der Waals surface area contributed by atoms with Gasteiger partial charge in [0.2, 0.25) is 11.8 Å². The molecule has 0 spiro atoms. The molecule has 0 heterocycles. The van der Waals surface area contributed by atoms with Gasteiger partial charge in [-0.1, -0.05) is 57.2 Å². The van der Waals surface area contributed by atoms with E-state index in [1.165, 1.54) is 4.90 Å². The minimum atomic E-state index is -1.05. The fraction of sp³-hybridized carbons (Fsp3) is 0.700. The van der Waals surface area contributed by atoms with Crippen LogP contribution in [0.5, 0.6) is 5.75 Å². The number of carbonyl (C=O) groups is 3. The first-order chi connectivity index (χ1) is 18.3. The molecule has 0 aliphatic heterocycles. The second kappa shape index (κ2) is 17.3.